The van der Waals surface area contributed by atoms with Crippen LogP contribution >= 0.6 is 0 Å². The number of hydrogen-bond acceptors (Lipinski definition) is 3. The van der Waals surface area contributed by atoms with Gasteiger partial charge in [-0.3, -0.25) is 0 Å². The molecule has 0 saturated carbocycles. The van der Waals surface area contributed by atoms with E-state index in [9.17, 15) is 5.11 Å². The van der Waals surface area contributed by atoms with E-state index >= 15 is 0 Å². The fourth-order valence-electron chi connectivity index (χ4n) is 1.99. The molecule has 0 bridgehead atoms. The maximum Gasteiger partial charge on any atom is 0.127 e. The molecule has 1 aromatic carbocycles. The highest BCUT2D eigenvalue weighted by atomic mass is 16.5. The molecule has 1 rings (SSSR count). The number of methoxy groups -OCH3 is 1. The van der Waals surface area contributed by atoms with Crippen LogP contribution in [0.15, 0.2) is 6.07 Å². The van der Waals surface area contributed by atoms with Gasteiger partial charge in [-0.1, -0.05) is 6.07 Å². The molecule has 0 aliphatic rings. The van der Waals surface area contributed by atoms with Gasteiger partial charge in [0, 0.05) is 5.56 Å². The summed E-state index contributed by atoms with van der Waals surface area (Å²) in [5.41, 5.74) is 10.2. The van der Waals surface area contributed by atoms with Gasteiger partial charge in [0.2, 0.25) is 0 Å². The molecule has 0 aliphatic heterocycles. The van der Waals surface area contributed by atoms with E-state index in [1.807, 2.05) is 20.8 Å². The highest BCUT2D eigenvalue weighted by Crippen LogP contribution is 2.34. The number of aliphatic hydroxyl groups excluding tert-OH is 1. The third kappa shape index (κ3) is 2.20. The number of benzene rings is 1. The van der Waals surface area contributed by atoms with Crippen molar-refractivity contribution in [3.05, 3.63) is 28.3 Å². The van der Waals surface area contributed by atoms with E-state index in [1.165, 1.54) is 5.56 Å². The first-order valence-corrected chi connectivity index (χ1v) is 5.48. The van der Waals surface area contributed by atoms with Gasteiger partial charge < -0.3 is 15.6 Å². The summed E-state index contributed by atoms with van der Waals surface area (Å²) in [7, 11) is 1.64. The molecule has 90 valence electrons. The highest BCUT2D eigenvalue weighted by molar-refractivity contribution is 5.51. The maximum absolute atomic E-state index is 9.60. The van der Waals surface area contributed by atoms with Crippen LogP contribution in [-0.4, -0.2) is 18.3 Å². The third-order valence-corrected chi connectivity index (χ3v) is 3.09. The van der Waals surface area contributed by atoms with E-state index in [-0.39, 0.29) is 0 Å². The van der Waals surface area contributed by atoms with E-state index in [4.69, 9.17) is 10.5 Å². The molecule has 2 atom stereocenters. The van der Waals surface area contributed by atoms with E-state index < -0.39 is 12.1 Å². The van der Waals surface area contributed by atoms with Gasteiger partial charge in [-0.25, -0.2) is 0 Å². The highest BCUT2D eigenvalue weighted by Gasteiger charge is 2.21. The lowest BCUT2D eigenvalue weighted by molar-refractivity contribution is 0.162. The Morgan fingerprint density at radius 3 is 2.25 bits per heavy atom. The van der Waals surface area contributed by atoms with Gasteiger partial charge in [0.25, 0.3) is 0 Å². The molecular weight excluding hydrogens is 202 g/mol. The second kappa shape index (κ2) is 4.85. The number of nitrogens with two attached hydrogens (primary N) is 1. The predicted molar refractivity (Wildman–Crippen MR) is 65.8 cm³/mol. The lowest BCUT2D eigenvalue weighted by Crippen LogP contribution is -2.25. The Bertz CT molecular complexity index is 386. The van der Waals surface area contributed by atoms with Crippen molar-refractivity contribution >= 4 is 0 Å². The van der Waals surface area contributed by atoms with Gasteiger partial charge >= 0.3 is 0 Å². The SMILES string of the molecule is COc1c(C)c(C)cc(C)c1C(N)C(C)O. The van der Waals surface area contributed by atoms with Crippen LogP contribution in [0.4, 0.5) is 0 Å². The monoisotopic (exact) mass is 223 g/mol. The van der Waals surface area contributed by atoms with Gasteiger partial charge in [0.05, 0.1) is 19.3 Å². The first-order chi connectivity index (χ1) is 7.40. The Morgan fingerprint density at radius 2 is 1.81 bits per heavy atom. The second-order valence-electron chi connectivity index (χ2n) is 4.35. The summed E-state index contributed by atoms with van der Waals surface area (Å²) in [5, 5.41) is 9.60. The molecule has 0 heterocycles. The number of aryl methyl sites for hydroxylation is 2. The number of hydrogen-bond donors (Lipinski definition) is 2. The topological polar surface area (TPSA) is 55.5 Å². The second-order valence-corrected chi connectivity index (χ2v) is 4.35. The quantitative estimate of drug-likeness (QED) is 0.824. The minimum absolute atomic E-state index is 0.408. The molecule has 0 aromatic heterocycles. The van der Waals surface area contributed by atoms with Gasteiger partial charge in [0.1, 0.15) is 5.75 Å². The average molecular weight is 223 g/mol. The average Bonchev–Trinajstić information content (AvgIpc) is 2.21. The van der Waals surface area contributed by atoms with Crippen LogP contribution in [0.1, 0.15) is 35.2 Å². The minimum Gasteiger partial charge on any atom is -0.496 e. The molecule has 3 nitrogen and oxygen atoms in total. The van der Waals surface area contributed by atoms with Gasteiger partial charge in [-0.15, -0.1) is 0 Å². The van der Waals surface area contributed by atoms with Crippen molar-refractivity contribution in [1.29, 1.82) is 0 Å². The third-order valence-electron chi connectivity index (χ3n) is 3.09. The van der Waals surface area contributed by atoms with Crippen LogP contribution in [0.25, 0.3) is 0 Å². The fourth-order valence-corrected chi connectivity index (χ4v) is 1.99. The Balaban J connectivity index is 3.42. The predicted octanol–water partition coefficient (Wildman–Crippen LogP) is 2.00. The van der Waals surface area contributed by atoms with E-state index in [2.05, 4.69) is 6.07 Å². The summed E-state index contributed by atoms with van der Waals surface area (Å²) in [6.07, 6.45) is -0.588. The Morgan fingerprint density at radius 1 is 1.25 bits per heavy atom. The number of aliphatic hydroxyl groups is 1. The van der Waals surface area contributed by atoms with Crippen molar-refractivity contribution in [3.63, 3.8) is 0 Å². The molecule has 0 radical (unpaired) electrons. The summed E-state index contributed by atoms with van der Waals surface area (Å²) >= 11 is 0. The molecule has 2 unspecified atom stereocenters. The van der Waals surface area contributed by atoms with Crippen molar-refractivity contribution in [3.8, 4) is 5.75 Å². The molecule has 16 heavy (non-hydrogen) atoms. The van der Waals surface area contributed by atoms with Crippen LogP contribution in [0, 0.1) is 20.8 Å². The maximum atomic E-state index is 9.60. The van der Waals surface area contributed by atoms with Crippen molar-refractivity contribution in [2.24, 2.45) is 5.73 Å². The van der Waals surface area contributed by atoms with Crippen molar-refractivity contribution in [2.45, 2.75) is 39.8 Å². The van der Waals surface area contributed by atoms with Crippen LogP contribution in [-0.2, 0) is 0 Å². The molecule has 0 saturated heterocycles. The molecule has 1 aromatic rings. The molecule has 3 N–H and O–H groups in total. The van der Waals surface area contributed by atoms with Crippen LogP contribution in [0.2, 0.25) is 0 Å². The van der Waals surface area contributed by atoms with E-state index in [0.29, 0.717) is 0 Å². The minimum atomic E-state index is -0.588. The Hall–Kier alpha value is -1.06. The van der Waals surface area contributed by atoms with E-state index in [0.717, 1.165) is 22.4 Å². The number of rotatable bonds is 3. The summed E-state index contributed by atoms with van der Waals surface area (Å²) in [6.45, 7) is 7.74. The molecule has 0 aliphatic carbocycles. The normalized spacial score (nSPS) is 14.7. The Kier molecular flexibility index (Phi) is 3.94. The summed E-state index contributed by atoms with van der Waals surface area (Å²) in [5.74, 6) is 0.797. The van der Waals surface area contributed by atoms with Gasteiger partial charge in [-0.05, 0) is 44.4 Å². The lowest BCUT2D eigenvalue weighted by atomic mass is 9.92. The molecular formula is C13H21NO2. The zero-order valence-electron chi connectivity index (χ0n) is 10.7. The smallest absolute Gasteiger partial charge is 0.127 e. The largest absolute Gasteiger partial charge is 0.496 e. The fraction of sp³-hybridized carbons (Fsp3) is 0.538. The standard InChI is InChI=1S/C13H21NO2/c1-7-6-8(2)11(12(14)10(4)15)13(16-5)9(7)3/h6,10,12,15H,14H2,1-5H3. The van der Waals surface area contributed by atoms with Crippen LogP contribution < -0.4 is 10.5 Å². The van der Waals surface area contributed by atoms with Crippen molar-refractivity contribution in [1.82, 2.24) is 0 Å². The van der Waals surface area contributed by atoms with Crippen molar-refractivity contribution in [2.75, 3.05) is 7.11 Å². The lowest BCUT2D eigenvalue weighted by Gasteiger charge is -2.23. The zero-order valence-corrected chi connectivity index (χ0v) is 10.7. The first-order valence-electron chi connectivity index (χ1n) is 5.48. The summed E-state index contributed by atoms with van der Waals surface area (Å²) in [6, 6.07) is 1.67. The zero-order chi connectivity index (χ0) is 12.5. The van der Waals surface area contributed by atoms with E-state index in [1.54, 1.807) is 14.0 Å². The molecule has 0 spiro atoms. The number of ether oxygens (including phenoxy) is 1. The van der Waals surface area contributed by atoms with Crippen LogP contribution in [0.5, 0.6) is 5.75 Å². The summed E-state index contributed by atoms with van der Waals surface area (Å²) < 4.78 is 5.42. The molecule has 3 heteroatoms. The first kappa shape index (κ1) is 13.0. The van der Waals surface area contributed by atoms with Gasteiger partial charge in [0.15, 0.2) is 0 Å². The Labute approximate surface area is 97.2 Å². The molecule has 0 fully saturated rings. The van der Waals surface area contributed by atoms with Crippen molar-refractivity contribution < 1.29 is 9.84 Å². The van der Waals surface area contributed by atoms with Gasteiger partial charge in [-0.2, -0.15) is 0 Å². The summed E-state index contributed by atoms with van der Waals surface area (Å²) in [4.78, 5) is 0. The molecule has 0 amide bonds. The van der Waals surface area contributed by atoms with Crippen LogP contribution in [0.3, 0.4) is 0 Å².